The summed E-state index contributed by atoms with van der Waals surface area (Å²) in [6, 6.07) is 1.92. The van der Waals surface area contributed by atoms with E-state index in [0.29, 0.717) is 11.7 Å². The second kappa shape index (κ2) is 6.29. The summed E-state index contributed by atoms with van der Waals surface area (Å²) in [4.78, 5) is 33.8. The van der Waals surface area contributed by atoms with E-state index in [2.05, 4.69) is 26.0 Å². The molecule has 3 aromatic heterocycles. The summed E-state index contributed by atoms with van der Waals surface area (Å²) in [5.41, 5.74) is 2.79. The third-order valence-electron chi connectivity index (χ3n) is 5.33. The highest BCUT2D eigenvalue weighted by Crippen LogP contribution is 2.39. The van der Waals surface area contributed by atoms with Gasteiger partial charge in [0, 0.05) is 51.4 Å². The quantitative estimate of drug-likeness (QED) is 0.705. The van der Waals surface area contributed by atoms with Crippen molar-refractivity contribution < 1.29 is 4.79 Å². The Kier molecular flexibility index (Phi) is 3.77. The minimum Gasteiger partial charge on any atom is -0.353 e. The highest BCUT2D eigenvalue weighted by molar-refractivity contribution is 5.73. The maximum atomic E-state index is 11.5. The van der Waals surface area contributed by atoms with Gasteiger partial charge in [0.1, 0.15) is 11.5 Å². The van der Waals surface area contributed by atoms with E-state index in [-0.39, 0.29) is 5.91 Å². The first-order valence-electron chi connectivity index (χ1n) is 9.36. The van der Waals surface area contributed by atoms with Gasteiger partial charge in [-0.25, -0.2) is 15.0 Å². The smallest absolute Gasteiger partial charge is 0.219 e. The molecule has 0 aromatic carbocycles. The van der Waals surface area contributed by atoms with Crippen LogP contribution < -0.4 is 4.90 Å². The molecule has 1 amide bonds. The van der Waals surface area contributed by atoms with Gasteiger partial charge in [-0.05, 0) is 18.9 Å². The molecule has 1 saturated carbocycles. The van der Waals surface area contributed by atoms with Crippen molar-refractivity contribution in [3.63, 3.8) is 0 Å². The molecule has 8 nitrogen and oxygen atoms in total. The second-order valence-corrected chi connectivity index (χ2v) is 7.19. The molecule has 3 aromatic rings. The van der Waals surface area contributed by atoms with Crippen LogP contribution in [-0.4, -0.2) is 61.3 Å². The third-order valence-corrected chi connectivity index (χ3v) is 5.33. The molecular formula is C19H21N7O. The molecule has 2 aliphatic rings. The predicted octanol–water partition coefficient (Wildman–Crippen LogP) is 1.73. The van der Waals surface area contributed by atoms with E-state index in [0.717, 1.165) is 49.0 Å². The van der Waals surface area contributed by atoms with E-state index in [4.69, 9.17) is 4.98 Å². The summed E-state index contributed by atoms with van der Waals surface area (Å²) in [6.07, 6.45) is 9.90. The Morgan fingerprint density at radius 2 is 1.89 bits per heavy atom. The molecule has 0 bridgehead atoms. The molecule has 1 aliphatic carbocycles. The van der Waals surface area contributed by atoms with E-state index in [1.54, 1.807) is 19.3 Å². The summed E-state index contributed by atoms with van der Waals surface area (Å²) >= 11 is 0. The van der Waals surface area contributed by atoms with Gasteiger partial charge in [-0.2, -0.15) is 0 Å². The number of carbonyl (C=O) groups is 1. The fourth-order valence-corrected chi connectivity index (χ4v) is 3.56. The molecule has 0 N–H and O–H groups in total. The molecule has 5 rings (SSSR count). The Morgan fingerprint density at radius 1 is 1.07 bits per heavy atom. The molecule has 0 radical (unpaired) electrons. The topological polar surface area (TPSA) is 79.5 Å². The summed E-state index contributed by atoms with van der Waals surface area (Å²) < 4.78 is 2.04. The van der Waals surface area contributed by atoms with Gasteiger partial charge in [-0.1, -0.05) is 0 Å². The lowest BCUT2D eigenvalue weighted by molar-refractivity contribution is -0.129. The molecule has 27 heavy (non-hydrogen) atoms. The highest BCUT2D eigenvalue weighted by atomic mass is 16.2. The molecule has 8 heteroatoms. The maximum Gasteiger partial charge on any atom is 0.219 e. The SMILES string of the molecule is CC(=O)N1CCN(c2ccnc(-c3cnc4cnc(C5CC5)cn34)n2)CC1. The van der Waals surface area contributed by atoms with Crippen molar-refractivity contribution in [2.24, 2.45) is 0 Å². The van der Waals surface area contributed by atoms with Gasteiger partial charge in [0.25, 0.3) is 0 Å². The molecule has 0 unspecified atom stereocenters. The summed E-state index contributed by atoms with van der Waals surface area (Å²) in [6.45, 7) is 4.62. The zero-order valence-corrected chi connectivity index (χ0v) is 15.2. The maximum absolute atomic E-state index is 11.5. The minimum absolute atomic E-state index is 0.129. The summed E-state index contributed by atoms with van der Waals surface area (Å²) in [5, 5.41) is 0. The number of amides is 1. The average Bonchev–Trinajstić information content (AvgIpc) is 3.47. The van der Waals surface area contributed by atoms with Crippen molar-refractivity contribution in [3.8, 4) is 11.5 Å². The fourth-order valence-electron chi connectivity index (χ4n) is 3.56. The number of rotatable bonds is 3. The Labute approximate surface area is 156 Å². The summed E-state index contributed by atoms with van der Waals surface area (Å²) in [7, 11) is 0. The lowest BCUT2D eigenvalue weighted by Crippen LogP contribution is -2.48. The number of hydrogen-bond donors (Lipinski definition) is 0. The van der Waals surface area contributed by atoms with Crippen LogP contribution >= 0.6 is 0 Å². The van der Waals surface area contributed by atoms with Gasteiger partial charge in [-0.15, -0.1) is 0 Å². The standard InChI is InChI=1S/C19H21N7O/c1-13(27)24-6-8-25(9-7-24)17-4-5-20-19(23-17)16-10-22-18-11-21-15(12-26(16)18)14-2-3-14/h4-5,10-12,14H,2-3,6-9H2,1H3. The zero-order valence-electron chi connectivity index (χ0n) is 15.2. The van der Waals surface area contributed by atoms with Crippen molar-refractivity contribution in [3.05, 3.63) is 36.5 Å². The molecule has 4 heterocycles. The molecule has 0 atom stereocenters. The molecular weight excluding hydrogens is 342 g/mol. The third kappa shape index (κ3) is 3.01. The molecule has 1 saturated heterocycles. The first-order valence-corrected chi connectivity index (χ1v) is 9.36. The van der Waals surface area contributed by atoms with Crippen LogP contribution in [0.1, 0.15) is 31.4 Å². The fraction of sp³-hybridized carbons (Fsp3) is 0.421. The van der Waals surface area contributed by atoms with Crippen molar-refractivity contribution in [1.82, 2.24) is 29.2 Å². The van der Waals surface area contributed by atoms with Gasteiger partial charge in [-0.3, -0.25) is 14.2 Å². The van der Waals surface area contributed by atoms with Gasteiger partial charge in [0.2, 0.25) is 5.91 Å². The number of aromatic nitrogens is 5. The number of nitrogens with zero attached hydrogens (tertiary/aromatic N) is 7. The van der Waals surface area contributed by atoms with Crippen LogP contribution in [0.3, 0.4) is 0 Å². The van der Waals surface area contributed by atoms with E-state index in [9.17, 15) is 4.79 Å². The van der Waals surface area contributed by atoms with Crippen LogP contribution in [0, 0.1) is 0 Å². The molecule has 1 aliphatic heterocycles. The van der Waals surface area contributed by atoms with Gasteiger partial charge >= 0.3 is 0 Å². The minimum atomic E-state index is 0.129. The zero-order chi connectivity index (χ0) is 18.4. The second-order valence-electron chi connectivity index (χ2n) is 7.19. The monoisotopic (exact) mass is 363 g/mol. The Balaban J connectivity index is 1.45. The number of fused-ring (bicyclic) bond motifs is 1. The summed E-state index contributed by atoms with van der Waals surface area (Å²) in [5.74, 6) is 2.25. The van der Waals surface area contributed by atoms with Crippen molar-refractivity contribution >= 4 is 17.4 Å². The lowest BCUT2D eigenvalue weighted by Gasteiger charge is -2.34. The average molecular weight is 363 g/mol. The highest BCUT2D eigenvalue weighted by Gasteiger charge is 2.26. The Morgan fingerprint density at radius 3 is 2.63 bits per heavy atom. The first-order chi connectivity index (χ1) is 13.2. The number of imidazole rings is 1. The van der Waals surface area contributed by atoms with E-state index >= 15 is 0 Å². The normalized spacial score (nSPS) is 17.5. The van der Waals surface area contributed by atoms with Crippen LogP contribution in [0.15, 0.2) is 30.9 Å². The Hall–Kier alpha value is -3.03. The number of piperazine rings is 1. The van der Waals surface area contributed by atoms with Crippen LogP contribution in [-0.2, 0) is 4.79 Å². The lowest BCUT2D eigenvalue weighted by atomic mass is 10.3. The molecule has 138 valence electrons. The largest absolute Gasteiger partial charge is 0.353 e. The first kappa shape index (κ1) is 16.2. The molecule has 2 fully saturated rings. The van der Waals surface area contributed by atoms with Crippen LogP contribution in [0.25, 0.3) is 17.2 Å². The number of hydrogen-bond acceptors (Lipinski definition) is 6. The Bertz CT molecular complexity index is 1000. The molecule has 0 spiro atoms. The van der Waals surface area contributed by atoms with Crippen LogP contribution in [0.4, 0.5) is 5.82 Å². The number of carbonyl (C=O) groups excluding carboxylic acids is 1. The van der Waals surface area contributed by atoms with Crippen LogP contribution in [0.5, 0.6) is 0 Å². The van der Waals surface area contributed by atoms with Crippen molar-refractivity contribution in [2.75, 3.05) is 31.1 Å². The van der Waals surface area contributed by atoms with Gasteiger partial charge in [0.05, 0.1) is 18.1 Å². The van der Waals surface area contributed by atoms with E-state index in [1.807, 2.05) is 21.6 Å². The number of anilines is 1. The van der Waals surface area contributed by atoms with E-state index in [1.165, 1.54) is 12.8 Å². The van der Waals surface area contributed by atoms with Gasteiger partial charge in [0.15, 0.2) is 11.5 Å². The van der Waals surface area contributed by atoms with Crippen molar-refractivity contribution in [2.45, 2.75) is 25.7 Å². The predicted molar refractivity (Wildman–Crippen MR) is 100 cm³/mol. The van der Waals surface area contributed by atoms with E-state index < -0.39 is 0 Å². The van der Waals surface area contributed by atoms with Crippen molar-refractivity contribution in [1.29, 1.82) is 0 Å². The van der Waals surface area contributed by atoms with Crippen LogP contribution in [0.2, 0.25) is 0 Å². The van der Waals surface area contributed by atoms with Gasteiger partial charge < -0.3 is 9.80 Å².